The summed E-state index contributed by atoms with van der Waals surface area (Å²) in [4.78, 5) is 23.6. The van der Waals surface area contributed by atoms with Crippen LogP contribution in [0.5, 0.6) is 0 Å². The van der Waals surface area contributed by atoms with Gasteiger partial charge in [-0.1, -0.05) is 0 Å². The number of morpholine rings is 1. The zero-order valence-electron chi connectivity index (χ0n) is 9.56. The average Bonchev–Trinajstić information content (AvgIpc) is 2.16. The van der Waals surface area contributed by atoms with Crippen LogP contribution in [0.3, 0.4) is 0 Å². The Morgan fingerprint density at radius 2 is 2.25 bits per heavy atom. The van der Waals surface area contributed by atoms with Gasteiger partial charge < -0.3 is 19.5 Å². The van der Waals surface area contributed by atoms with Gasteiger partial charge in [0.15, 0.2) is 0 Å². The van der Waals surface area contributed by atoms with Gasteiger partial charge in [-0.3, -0.25) is 9.59 Å². The summed E-state index contributed by atoms with van der Waals surface area (Å²) in [6.07, 6.45) is -0.162. The van der Waals surface area contributed by atoms with Gasteiger partial charge in [0.2, 0.25) is 5.91 Å². The van der Waals surface area contributed by atoms with Gasteiger partial charge in [0.1, 0.15) is 5.60 Å². The van der Waals surface area contributed by atoms with E-state index >= 15 is 0 Å². The number of amides is 1. The molecular weight excluding hydrogens is 214 g/mol. The van der Waals surface area contributed by atoms with Gasteiger partial charge in [-0.2, -0.15) is 0 Å². The third-order valence-electron chi connectivity index (χ3n) is 2.57. The molecule has 1 unspecified atom stereocenters. The Balaban J connectivity index is 2.75. The molecule has 1 saturated heterocycles. The second-order valence-corrected chi connectivity index (χ2v) is 3.98. The number of carboxylic acid groups (broad SMARTS) is 1. The van der Waals surface area contributed by atoms with Gasteiger partial charge >= 0.3 is 5.97 Å². The molecule has 1 heterocycles. The van der Waals surface area contributed by atoms with Gasteiger partial charge in [0.25, 0.3) is 0 Å². The number of ether oxygens (including phenoxy) is 2. The number of methoxy groups -OCH3 is 1. The predicted molar refractivity (Wildman–Crippen MR) is 55.1 cm³/mol. The van der Waals surface area contributed by atoms with Crippen LogP contribution in [0.15, 0.2) is 0 Å². The van der Waals surface area contributed by atoms with Crippen molar-refractivity contribution in [3.8, 4) is 0 Å². The maximum absolute atomic E-state index is 11.3. The summed E-state index contributed by atoms with van der Waals surface area (Å²) < 4.78 is 10.5. The average molecular weight is 231 g/mol. The van der Waals surface area contributed by atoms with E-state index in [2.05, 4.69) is 0 Å². The van der Waals surface area contributed by atoms with E-state index < -0.39 is 11.6 Å². The van der Waals surface area contributed by atoms with Gasteiger partial charge in [-0.25, -0.2) is 0 Å². The Kier molecular flexibility index (Phi) is 4.26. The minimum Gasteiger partial charge on any atom is -0.481 e. The van der Waals surface area contributed by atoms with E-state index in [9.17, 15) is 9.59 Å². The van der Waals surface area contributed by atoms with Gasteiger partial charge in [0.05, 0.1) is 26.2 Å². The molecule has 0 aromatic heterocycles. The molecule has 0 bridgehead atoms. The molecule has 6 nitrogen and oxygen atoms in total. The summed E-state index contributed by atoms with van der Waals surface area (Å²) in [7, 11) is 1.49. The van der Waals surface area contributed by atoms with E-state index in [0.717, 1.165) is 0 Å². The normalized spacial score (nSPS) is 25.5. The van der Waals surface area contributed by atoms with Crippen LogP contribution in [0.1, 0.15) is 13.3 Å². The number of aliphatic carboxylic acids is 1. The topological polar surface area (TPSA) is 76.1 Å². The van der Waals surface area contributed by atoms with Crippen LogP contribution < -0.4 is 0 Å². The lowest BCUT2D eigenvalue weighted by molar-refractivity contribution is -0.171. The SMILES string of the molecule is COCC1(CC(=O)O)CN(C(C)=O)CCO1. The second-order valence-electron chi connectivity index (χ2n) is 3.98. The fourth-order valence-electron chi connectivity index (χ4n) is 1.90. The number of carbonyl (C=O) groups excluding carboxylic acids is 1. The molecule has 16 heavy (non-hydrogen) atoms. The van der Waals surface area contributed by atoms with E-state index in [0.29, 0.717) is 13.2 Å². The summed E-state index contributed by atoms with van der Waals surface area (Å²) in [5.74, 6) is -1.03. The molecule has 0 radical (unpaired) electrons. The smallest absolute Gasteiger partial charge is 0.306 e. The van der Waals surface area contributed by atoms with Crippen LogP contribution in [-0.4, -0.2) is 60.9 Å². The highest BCUT2D eigenvalue weighted by Crippen LogP contribution is 2.22. The molecule has 1 amide bonds. The largest absolute Gasteiger partial charge is 0.481 e. The first-order valence-electron chi connectivity index (χ1n) is 5.09. The molecule has 1 atom stereocenters. The Bertz CT molecular complexity index is 276. The number of carboxylic acids is 1. The third kappa shape index (κ3) is 3.18. The molecule has 1 aliphatic heterocycles. The summed E-state index contributed by atoms with van der Waals surface area (Å²) in [6.45, 7) is 2.74. The first-order chi connectivity index (χ1) is 7.49. The van der Waals surface area contributed by atoms with Gasteiger partial charge in [-0.15, -0.1) is 0 Å². The zero-order chi connectivity index (χ0) is 12.2. The van der Waals surface area contributed by atoms with Crippen LogP contribution in [0.4, 0.5) is 0 Å². The minimum atomic E-state index is -0.956. The maximum atomic E-state index is 11.3. The quantitative estimate of drug-likeness (QED) is 0.720. The fourth-order valence-corrected chi connectivity index (χ4v) is 1.90. The summed E-state index contributed by atoms with van der Waals surface area (Å²) in [6, 6.07) is 0. The lowest BCUT2D eigenvalue weighted by Gasteiger charge is -2.41. The van der Waals surface area contributed by atoms with Crippen molar-refractivity contribution < 1.29 is 24.2 Å². The van der Waals surface area contributed by atoms with Crippen molar-refractivity contribution in [1.82, 2.24) is 4.90 Å². The Labute approximate surface area is 94.1 Å². The molecule has 1 aliphatic rings. The number of nitrogens with zero attached hydrogens (tertiary/aromatic N) is 1. The summed E-state index contributed by atoms with van der Waals surface area (Å²) in [5.41, 5.74) is -0.912. The minimum absolute atomic E-state index is 0.0748. The molecule has 0 aromatic rings. The van der Waals surface area contributed by atoms with E-state index in [-0.39, 0.29) is 25.5 Å². The fraction of sp³-hybridized carbons (Fsp3) is 0.800. The highest BCUT2D eigenvalue weighted by atomic mass is 16.5. The first kappa shape index (κ1) is 12.9. The first-order valence-corrected chi connectivity index (χ1v) is 5.09. The number of carbonyl (C=O) groups is 2. The zero-order valence-corrected chi connectivity index (χ0v) is 9.56. The van der Waals surface area contributed by atoms with Crippen LogP contribution in [0, 0.1) is 0 Å². The van der Waals surface area contributed by atoms with E-state index in [1.54, 1.807) is 4.90 Å². The van der Waals surface area contributed by atoms with Crippen LogP contribution in [0.25, 0.3) is 0 Å². The van der Waals surface area contributed by atoms with Crippen molar-refractivity contribution in [2.45, 2.75) is 18.9 Å². The molecule has 0 aromatic carbocycles. The monoisotopic (exact) mass is 231 g/mol. The molecule has 0 spiro atoms. The lowest BCUT2D eigenvalue weighted by Crippen LogP contribution is -2.56. The van der Waals surface area contributed by atoms with Crippen molar-refractivity contribution in [1.29, 1.82) is 0 Å². The van der Waals surface area contributed by atoms with E-state index in [1.807, 2.05) is 0 Å². The second kappa shape index (κ2) is 5.27. The lowest BCUT2D eigenvalue weighted by atomic mass is 9.98. The van der Waals surface area contributed by atoms with E-state index in [4.69, 9.17) is 14.6 Å². The van der Waals surface area contributed by atoms with Gasteiger partial charge in [0, 0.05) is 20.6 Å². The highest BCUT2D eigenvalue weighted by molar-refractivity contribution is 5.74. The Hall–Kier alpha value is -1.14. The summed E-state index contributed by atoms with van der Waals surface area (Å²) in [5, 5.41) is 8.84. The molecule has 0 saturated carbocycles. The van der Waals surface area contributed by atoms with Crippen molar-refractivity contribution in [3.63, 3.8) is 0 Å². The van der Waals surface area contributed by atoms with Crippen molar-refractivity contribution in [2.75, 3.05) is 33.4 Å². The summed E-state index contributed by atoms with van der Waals surface area (Å²) >= 11 is 0. The van der Waals surface area contributed by atoms with E-state index in [1.165, 1.54) is 14.0 Å². The predicted octanol–water partition coefficient (Wildman–Crippen LogP) is -0.275. The third-order valence-corrected chi connectivity index (χ3v) is 2.57. The number of rotatable bonds is 4. The van der Waals surface area contributed by atoms with Crippen LogP contribution in [0.2, 0.25) is 0 Å². The highest BCUT2D eigenvalue weighted by Gasteiger charge is 2.39. The molecule has 92 valence electrons. The maximum Gasteiger partial charge on any atom is 0.306 e. The van der Waals surface area contributed by atoms with Crippen molar-refractivity contribution in [3.05, 3.63) is 0 Å². The molecule has 1 fully saturated rings. The standard InChI is InChI=1S/C10H17NO5/c1-8(12)11-3-4-16-10(6-11,7-15-2)5-9(13)14/h3-7H2,1-2H3,(H,13,14). The Morgan fingerprint density at radius 3 is 2.75 bits per heavy atom. The Morgan fingerprint density at radius 1 is 1.56 bits per heavy atom. The molecule has 6 heteroatoms. The van der Waals surface area contributed by atoms with Gasteiger partial charge in [-0.05, 0) is 0 Å². The molecule has 1 N–H and O–H groups in total. The van der Waals surface area contributed by atoms with Crippen LogP contribution >= 0.6 is 0 Å². The number of hydrogen-bond acceptors (Lipinski definition) is 4. The van der Waals surface area contributed by atoms with Crippen molar-refractivity contribution >= 4 is 11.9 Å². The number of hydrogen-bond donors (Lipinski definition) is 1. The molecule has 0 aliphatic carbocycles. The van der Waals surface area contributed by atoms with Crippen molar-refractivity contribution in [2.24, 2.45) is 0 Å². The van der Waals surface area contributed by atoms with Crippen LogP contribution in [-0.2, 0) is 19.1 Å². The molecule has 1 rings (SSSR count). The molecular formula is C10H17NO5.